The quantitative estimate of drug-likeness (QED) is 0.738. The van der Waals surface area contributed by atoms with Gasteiger partial charge in [0, 0.05) is 6.07 Å². The van der Waals surface area contributed by atoms with Gasteiger partial charge < -0.3 is 5.11 Å². The fourth-order valence-corrected chi connectivity index (χ4v) is 4.67. The highest BCUT2D eigenvalue weighted by Gasteiger charge is 2.27. The van der Waals surface area contributed by atoms with Gasteiger partial charge in [-0.1, -0.05) is 40.9 Å². The van der Waals surface area contributed by atoms with Crippen molar-refractivity contribution < 1.29 is 13.5 Å². The van der Waals surface area contributed by atoms with E-state index in [0.717, 1.165) is 17.2 Å². The molecular weight excluding hydrogens is 367 g/mol. The molecule has 0 unspecified atom stereocenters. The average molecular weight is 380 g/mol. The number of benzene rings is 2. The molecule has 0 heterocycles. The number of phenols is 1. The molecule has 0 bridgehead atoms. The van der Waals surface area contributed by atoms with Crippen LogP contribution in [-0.4, -0.2) is 13.5 Å². The lowest BCUT2D eigenvalue weighted by Crippen LogP contribution is -2.06. The third-order valence-electron chi connectivity index (χ3n) is 3.46. The standard InChI is InChI=1S/C15H13Cl3O3S/c1-7-4-9(3)11(5-8(7)2)22(20,21)12-6-10(19)13(16)15(18)14(12)17/h4-6,19H,1-3H3. The Kier molecular flexibility index (Phi) is 4.69. The minimum absolute atomic E-state index is 0.121. The van der Waals surface area contributed by atoms with Crippen LogP contribution in [0.4, 0.5) is 0 Å². The number of halogens is 3. The number of aryl methyl sites for hydroxylation is 3. The molecule has 0 aliphatic rings. The molecule has 0 spiro atoms. The van der Waals surface area contributed by atoms with Crippen molar-refractivity contribution in [1.29, 1.82) is 0 Å². The van der Waals surface area contributed by atoms with E-state index in [1.54, 1.807) is 19.1 Å². The zero-order valence-corrected chi connectivity index (χ0v) is 15.1. The lowest BCUT2D eigenvalue weighted by molar-refractivity contribution is 0.473. The molecule has 118 valence electrons. The predicted molar refractivity (Wildman–Crippen MR) is 89.2 cm³/mol. The van der Waals surface area contributed by atoms with Gasteiger partial charge in [-0.05, 0) is 43.5 Å². The topological polar surface area (TPSA) is 54.4 Å². The van der Waals surface area contributed by atoms with E-state index in [1.165, 1.54) is 0 Å². The molecule has 0 saturated carbocycles. The van der Waals surface area contributed by atoms with E-state index >= 15 is 0 Å². The van der Waals surface area contributed by atoms with Gasteiger partial charge in [0.1, 0.15) is 10.8 Å². The van der Waals surface area contributed by atoms with Crippen LogP contribution in [0.2, 0.25) is 15.1 Å². The van der Waals surface area contributed by atoms with Gasteiger partial charge in [-0.25, -0.2) is 8.42 Å². The number of phenolic OH excluding ortho intramolecular Hbond substituents is 1. The number of aromatic hydroxyl groups is 1. The summed E-state index contributed by atoms with van der Waals surface area (Å²) < 4.78 is 25.7. The van der Waals surface area contributed by atoms with Gasteiger partial charge in [-0.3, -0.25) is 0 Å². The molecule has 2 aromatic carbocycles. The summed E-state index contributed by atoms with van der Waals surface area (Å²) in [7, 11) is -3.94. The summed E-state index contributed by atoms with van der Waals surface area (Å²) >= 11 is 17.7. The van der Waals surface area contributed by atoms with E-state index in [9.17, 15) is 13.5 Å². The van der Waals surface area contributed by atoms with Crippen LogP contribution in [0.5, 0.6) is 5.75 Å². The second kappa shape index (κ2) is 5.93. The first kappa shape index (κ1) is 17.4. The highest BCUT2D eigenvalue weighted by atomic mass is 35.5. The predicted octanol–water partition coefficient (Wildman–Crippen LogP) is 5.11. The van der Waals surface area contributed by atoms with E-state index in [4.69, 9.17) is 34.8 Å². The molecule has 0 amide bonds. The van der Waals surface area contributed by atoms with Gasteiger partial charge in [-0.2, -0.15) is 0 Å². The summed E-state index contributed by atoms with van der Waals surface area (Å²) in [6, 6.07) is 4.38. The van der Waals surface area contributed by atoms with Crippen LogP contribution in [0.25, 0.3) is 0 Å². The van der Waals surface area contributed by atoms with E-state index in [1.807, 2.05) is 13.8 Å². The summed E-state index contributed by atoms with van der Waals surface area (Å²) in [6.45, 7) is 5.42. The van der Waals surface area contributed by atoms with Crippen molar-refractivity contribution in [3.8, 4) is 5.75 Å². The zero-order valence-electron chi connectivity index (χ0n) is 12.0. The van der Waals surface area contributed by atoms with Gasteiger partial charge in [-0.15, -0.1) is 0 Å². The summed E-state index contributed by atoms with van der Waals surface area (Å²) in [4.78, 5) is -0.150. The van der Waals surface area contributed by atoms with Gasteiger partial charge in [0.2, 0.25) is 9.84 Å². The summed E-state index contributed by atoms with van der Waals surface area (Å²) in [5.74, 6) is -0.434. The smallest absolute Gasteiger partial charge is 0.208 e. The highest BCUT2D eigenvalue weighted by molar-refractivity contribution is 7.91. The first-order valence-electron chi connectivity index (χ1n) is 6.26. The van der Waals surface area contributed by atoms with Gasteiger partial charge in [0.05, 0.1) is 19.8 Å². The van der Waals surface area contributed by atoms with Crippen molar-refractivity contribution in [2.24, 2.45) is 0 Å². The van der Waals surface area contributed by atoms with E-state index in [-0.39, 0.29) is 24.9 Å². The Morgan fingerprint density at radius 2 is 1.32 bits per heavy atom. The van der Waals surface area contributed by atoms with Crippen molar-refractivity contribution in [3.63, 3.8) is 0 Å². The molecule has 0 fully saturated rings. The number of rotatable bonds is 2. The lowest BCUT2D eigenvalue weighted by atomic mass is 10.1. The Morgan fingerprint density at radius 3 is 1.91 bits per heavy atom. The fraction of sp³-hybridized carbons (Fsp3) is 0.200. The first-order chi connectivity index (χ1) is 10.1. The Bertz CT molecular complexity index is 874. The highest BCUT2D eigenvalue weighted by Crippen LogP contribution is 2.43. The Labute approximate surface area is 144 Å². The number of hydrogen-bond acceptors (Lipinski definition) is 3. The van der Waals surface area contributed by atoms with Crippen molar-refractivity contribution in [1.82, 2.24) is 0 Å². The van der Waals surface area contributed by atoms with Crippen LogP contribution in [-0.2, 0) is 9.84 Å². The molecule has 2 aromatic rings. The molecule has 0 atom stereocenters. The third kappa shape index (κ3) is 2.81. The first-order valence-corrected chi connectivity index (χ1v) is 8.88. The maximum absolute atomic E-state index is 12.9. The van der Waals surface area contributed by atoms with Crippen molar-refractivity contribution in [3.05, 3.63) is 50.0 Å². The largest absolute Gasteiger partial charge is 0.506 e. The van der Waals surface area contributed by atoms with Crippen LogP contribution >= 0.6 is 34.8 Å². The number of sulfone groups is 1. The minimum Gasteiger partial charge on any atom is -0.506 e. The Balaban J connectivity index is 2.80. The van der Waals surface area contributed by atoms with E-state index in [2.05, 4.69) is 0 Å². The molecule has 0 aliphatic carbocycles. The van der Waals surface area contributed by atoms with E-state index in [0.29, 0.717) is 5.56 Å². The van der Waals surface area contributed by atoms with Gasteiger partial charge in [0.25, 0.3) is 0 Å². The molecule has 1 N–H and O–H groups in total. The van der Waals surface area contributed by atoms with Crippen molar-refractivity contribution >= 4 is 44.6 Å². The molecule has 7 heteroatoms. The van der Waals surface area contributed by atoms with Crippen LogP contribution in [0.3, 0.4) is 0 Å². The minimum atomic E-state index is -3.94. The van der Waals surface area contributed by atoms with Crippen LogP contribution in [0.1, 0.15) is 16.7 Å². The summed E-state index contributed by atoms with van der Waals surface area (Å²) in [5.41, 5.74) is 2.41. The molecule has 0 radical (unpaired) electrons. The van der Waals surface area contributed by atoms with Crippen LogP contribution in [0.15, 0.2) is 28.0 Å². The SMILES string of the molecule is Cc1cc(C)c(S(=O)(=O)c2cc(O)c(Cl)c(Cl)c2Cl)cc1C. The molecule has 0 aliphatic heterocycles. The maximum atomic E-state index is 12.9. The molecule has 22 heavy (non-hydrogen) atoms. The number of hydrogen-bond donors (Lipinski definition) is 1. The normalized spacial score (nSPS) is 11.7. The molecule has 0 saturated heterocycles. The fourth-order valence-electron chi connectivity index (χ4n) is 2.11. The van der Waals surface area contributed by atoms with Crippen molar-refractivity contribution in [2.45, 2.75) is 30.6 Å². The monoisotopic (exact) mass is 378 g/mol. The van der Waals surface area contributed by atoms with Crippen LogP contribution < -0.4 is 0 Å². The van der Waals surface area contributed by atoms with Gasteiger partial charge >= 0.3 is 0 Å². The van der Waals surface area contributed by atoms with Crippen LogP contribution in [0, 0.1) is 20.8 Å². The summed E-state index contributed by atoms with van der Waals surface area (Å²) in [6.07, 6.45) is 0. The third-order valence-corrected chi connectivity index (χ3v) is 6.84. The Morgan fingerprint density at radius 1 is 0.773 bits per heavy atom. The molecule has 0 aromatic heterocycles. The van der Waals surface area contributed by atoms with Gasteiger partial charge in [0.15, 0.2) is 0 Å². The lowest BCUT2D eigenvalue weighted by Gasteiger charge is -2.13. The molecular formula is C15H13Cl3O3S. The van der Waals surface area contributed by atoms with Crippen molar-refractivity contribution in [2.75, 3.05) is 0 Å². The average Bonchev–Trinajstić information content (AvgIpc) is 2.44. The molecule has 3 nitrogen and oxygen atoms in total. The maximum Gasteiger partial charge on any atom is 0.208 e. The second-order valence-corrected chi connectivity index (χ2v) is 8.06. The summed E-state index contributed by atoms with van der Waals surface area (Å²) in [5, 5.41) is 9.17. The zero-order chi connectivity index (χ0) is 16.8. The van der Waals surface area contributed by atoms with E-state index < -0.39 is 15.6 Å². The molecule has 2 rings (SSSR count). The second-order valence-electron chi connectivity index (χ2n) is 5.04. The Hall–Kier alpha value is -0.940.